The molecule has 90 valence electrons. The molecule has 1 heterocycles. The number of nitrogens with one attached hydrogen (secondary N) is 1. The molecule has 16 heavy (non-hydrogen) atoms. The second kappa shape index (κ2) is 4.99. The van der Waals surface area contributed by atoms with E-state index in [-0.39, 0.29) is 11.3 Å². The van der Waals surface area contributed by atoms with Crippen LogP contribution >= 0.6 is 15.9 Å². The Kier molecular flexibility index (Phi) is 4.13. The van der Waals surface area contributed by atoms with E-state index in [4.69, 9.17) is 0 Å². The first-order valence-electron chi connectivity index (χ1n) is 5.20. The van der Waals surface area contributed by atoms with E-state index in [9.17, 15) is 4.79 Å². The smallest absolute Gasteiger partial charge is 0.269 e. The van der Waals surface area contributed by atoms with E-state index in [2.05, 4.69) is 40.2 Å². The Morgan fingerprint density at radius 1 is 1.62 bits per heavy atom. The van der Waals surface area contributed by atoms with Gasteiger partial charge < -0.3 is 5.32 Å². The molecule has 1 amide bonds. The van der Waals surface area contributed by atoms with Gasteiger partial charge >= 0.3 is 0 Å². The summed E-state index contributed by atoms with van der Waals surface area (Å²) in [5.74, 6) is -0.0721. The Labute approximate surface area is 105 Å². The SMILES string of the molecule is Cc1cc(C(=O)NCC(C)(C)CBr)n(C)n1. The molecular formula is C11H18BrN3O. The van der Waals surface area contributed by atoms with E-state index < -0.39 is 0 Å². The van der Waals surface area contributed by atoms with Crippen molar-refractivity contribution in [3.8, 4) is 0 Å². The van der Waals surface area contributed by atoms with Gasteiger partial charge in [-0.1, -0.05) is 29.8 Å². The fourth-order valence-corrected chi connectivity index (χ4v) is 1.48. The molecule has 0 fully saturated rings. The summed E-state index contributed by atoms with van der Waals surface area (Å²) >= 11 is 3.43. The monoisotopic (exact) mass is 287 g/mol. The molecule has 5 heteroatoms. The quantitative estimate of drug-likeness (QED) is 0.860. The molecule has 0 saturated heterocycles. The number of hydrogen-bond acceptors (Lipinski definition) is 2. The molecule has 1 rings (SSSR count). The summed E-state index contributed by atoms with van der Waals surface area (Å²) in [5.41, 5.74) is 1.51. The topological polar surface area (TPSA) is 46.9 Å². The maximum absolute atomic E-state index is 11.9. The molecule has 0 radical (unpaired) electrons. The van der Waals surface area contributed by atoms with Crippen LogP contribution in [-0.4, -0.2) is 27.6 Å². The van der Waals surface area contributed by atoms with Gasteiger partial charge in [0.1, 0.15) is 5.69 Å². The van der Waals surface area contributed by atoms with Crippen molar-refractivity contribution in [3.63, 3.8) is 0 Å². The van der Waals surface area contributed by atoms with Crippen LogP contribution < -0.4 is 5.32 Å². The largest absolute Gasteiger partial charge is 0.350 e. The van der Waals surface area contributed by atoms with Gasteiger partial charge in [0.05, 0.1) is 5.69 Å². The normalized spacial score (nSPS) is 11.6. The number of hydrogen-bond donors (Lipinski definition) is 1. The van der Waals surface area contributed by atoms with E-state index in [1.807, 2.05) is 6.92 Å². The molecule has 0 bridgehead atoms. The average Bonchev–Trinajstić information content (AvgIpc) is 2.54. The lowest BCUT2D eigenvalue weighted by Gasteiger charge is -2.21. The Bertz CT molecular complexity index is 385. The summed E-state index contributed by atoms with van der Waals surface area (Å²) in [6, 6.07) is 1.79. The number of aryl methyl sites for hydroxylation is 2. The maximum Gasteiger partial charge on any atom is 0.269 e. The number of carbonyl (C=O) groups is 1. The molecule has 0 unspecified atom stereocenters. The number of nitrogens with zero attached hydrogens (tertiary/aromatic N) is 2. The van der Waals surface area contributed by atoms with Crippen LogP contribution in [0.5, 0.6) is 0 Å². The highest BCUT2D eigenvalue weighted by Gasteiger charge is 2.19. The van der Waals surface area contributed by atoms with Crippen molar-refractivity contribution < 1.29 is 4.79 Å². The maximum atomic E-state index is 11.9. The number of alkyl halides is 1. The minimum Gasteiger partial charge on any atom is -0.350 e. The van der Waals surface area contributed by atoms with E-state index in [1.165, 1.54) is 0 Å². The van der Waals surface area contributed by atoms with Crippen molar-refractivity contribution in [3.05, 3.63) is 17.5 Å². The van der Waals surface area contributed by atoms with Crippen molar-refractivity contribution in [2.75, 3.05) is 11.9 Å². The van der Waals surface area contributed by atoms with Crippen molar-refractivity contribution in [1.82, 2.24) is 15.1 Å². The van der Waals surface area contributed by atoms with Crippen molar-refractivity contribution in [2.24, 2.45) is 12.5 Å². The standard InChI is InChI=1S/C11H18BrN3O/c1-8-5-9(15(4)14-8)10(16)13-7-11(2,3)6-12/h5H,6-7H2,1-4H3,(H,13,16). The zero-order chi connectivity index (χ0) is 12.3. The lowest BCUT2D eigenvalue weighted by molar-refractivity contribution is 0.0930. The molecule has 1 N–H and O–H groups in total. The summed E-state index contributed by atoms with van der Waals surface area (Å²) in [6.07, 6.45) is 0. The molecule has 0 spiro atoms. The predicted molar refractivity (Wildman–Crippen MR) is 67.9 cm³/mol. The lowest BCUT2D eigenvalue weighted by Crippen LogP contribution is -2.35. The van der Waals surface area contributed by atoms with E-state index in [0.29, 0.717) is 12.2 Å². The Morgan fingerprint density at radius 3 is 2.69 bits per heavy atom. The van der Waals surface area contributed by atoms with Crippen LogP contribution in [0.2, 0.25) is 0 Å². The highest BCUT2D eigenvalue weighted by molar-refractivity contribution is 9.09. The Balaban J connectivity index is 2.63. The zero-order valence-corrected chi connectivity index (χ0v) is 11.8. The zero-order valence-electron chi connectivity index (χ0n) is 10.2. The highest BCUT2D eigenvalue weighted by atomic mass is 79.9. The second-order valence-electron chi connectivity index (χ2n) is 4.78. The van der Waals surface area contributed by atoms with Crippen LogP contribution in [0.25, 0.3) is 0 Å². The number of amides is 1. The summed E-state index contributed by atoms with van der Waals surface area (Å²) in [5, 5.41) is 7.91. The number of carbonyl (C=O) groups excluding carboxylic acids is 1. The van der Waals surface area contributed by atoms with Gasteiger partial charge in [0.2, 0.25) is 0 Å². The van der Waals surface area contributed by atoms with Crippen LogP contribution in [0.15, 0.2) is 6.07 Å². The minimum atomic E-state index is -0.0721. The van der Waals surface area contributed by atoms with Crippen LogP contribution in [-0.2, 0) is 7.05 Å². The fourth-order valence-electron chi connectivity index (χ4n) is 1.28. The molecule has 1 aromatic rings. The van der Waals surface area contributed by atoms with Crippen LogP contribution in [0.3, 0.4) is 0 Å². The van der Waals surface area contributed by atoms with Gasteiger partial charge in [-0.3, -0.25) is 9.48 Å². The summed E-state index contributed by atoms with van der Waals surface area (Å²) < 4.78 is 1.60. The highest BCUT2D eigenvalue weighted by Crippen LogP contribution is 2.16. The molecule has 4 nitrogen and oxygen atoms in total. The third kappa shape index (κ3) is 3.33. The van der Waals surface area contributed by atoms with E-state index in [0.717, 1.165) is 11.0 Å². The first kappa shape index (κ1) is 13.2. The van der Waals surface area contributed by atoms with Gasteiger partial charge in [0, 0.05) is 18.9 Å². The lowest BCUT2D eigenvalue weighted by atomic mass is 9.97. The molecule has 0 aliphatic rings. The predicted octanol–water partition coefficient (Wildman–Crippen LogP) is 1.88. The van der Waals surface area contributed by atoms with Crippen molar-refractivity contribution in [1.29, 1.82) is 0 Å². The molecule has 0 aromatic carbocycles. The third-order valence-electron chi connectivity index (χ3n) is 2.32. The van der Waals surface area contributed by atoms with Crippen molar-refractivity contribution in [2.45, 2.75) is 20.8 Å². The number of aromatic nitrogens is 2. The Morgan fingerprint density at radius 2 is 2.25 bits per heavy atom. The van der Waals surface area contributed by atoms with Gasteiger partial charge in [-0.2, -0.15) is 5.10 Å². The second-order valence-corrected chi connectivity index (χ2v) is 5.34. The minimum absolute atomic E-state index is 0.0588. The number of halogens is 1. The third-order valence-corrected chi connectivity index (χ3v) is 3.84. The van der Waals surface area contributed by atoms with Gasteiger partial charge in [0.15, 0.2) is 0 Å². The van der Waals surface area contributed by atoms with Crippen LogP contribution in [0, 0.1) is 12.3 Å². The fraction of sp³-hybridized carbons (Fsp3) is 0.636. The first-order chi connectivity index (χ1) is 7.35. The summed E-state index contributed by atoms with van der Waals surface area (Å²) in [7, 11) is 1.78. The average molecular weight is 288 g/mol. The summed E-state index contributed by atoms with van der Waals surface area (Å²) in [4.78, 5) is 11.9. The van der Waals surface area contributed by atoms with Gasteiger partial charge in [0.25, 0.3) is 5.91 Å². The molecular weight excluding hydrogens is 270 g/mol. The molecule has 0 aliphatic carbocycles. The van der Waals surface area contributed by atoms with E-state index in [1.54, 1.807) is 17.8 Å². The van der Waals surface area contributed by atoms with Gasteiger partial charge in [-0.05, 0) is 18.4 Å². The number of rotatable bonds is 4. The molecule has 0 aliphatic heterocycles. The molecule has 1 aromatic heterocycles. The van der Waals surface area contributed by atoms with Crippen LogP contribution in [0.1, 0.15) is 30.0 Å². The van der Waals surface area contributed by atoms with Crippen LogP contribution in [0.4, 0.5) is 0 Å². The molecule has 0 saturated carbocycles. The van der Waals surface area contributed by atoms with Gasteiger partial charge in [-0.25, -0.2) is 0 Å². The van der Waals surface area contributed by atoms with E-state index >= 15 is 0 Å². The molecule has 0 atom stereocenters. The van der Waals surface area contributed by atoms with Gasteiger partial charge in [-0.15, -0.1) is 0 Å². The Hall–Kier alpha value is -0.840. The van der Waals surface area contributed by atoms with Crippen molar-refractivity contribution >= 4 is 21.8 Å². The summed E-state index contributed by atoms with van der Waals surface area (Å²) in [6.45, 7) is 6.70. The first-order valence-corrected chi connectivity index (χ1v) is 6.33.